The van der Waals surface area contributed by atoms with E-state index in [-0.39, 0.29) is 6.04 Å². The van der Waals surface area contributed by atoms with E-state index in [0.717, 1.165) is 17.8 Å². The van der Waals surface area contributed by atoms with E-state index in [0.29, 0.717) is 5.82 Å². The Morgan fingerprint density at radius 3 is 2.86 bits per heavy atom. The number of aromatic nitrogens is 2. The zero-order valence-electron chi connectivity index (χ0n) is 8.57. The summed E-state index contributed by atoms with van der Waals surface area (Å²) in [5.74, 6) is 0.481. The molecule has 0 bridgehead atoms. The van der Waals surface area contributed by atoms with E-state index in [1.54, 1.807) is 6.20 Å². The first kappa shape index (κ1) is 10.7. The van der Waals surface area contributed by atoms with Gasteiger partial charge in [0.05, 0.1) is 17.6 Å². The summed E-state index contributed by atoms with van der Waals surface area (Å²) in [5, 5.41) is 0. The molecule has 14 heavy (non-hydrogen) atoms. The summed E-state index contributed by atoms with van der Waals surface area (Å²) in [7, 11) is 0. The lowest BCUT2D eigenvalue weighted by atomic mass is 10.2. The summed E-state index contributed by atoms with van der Waals surface area (Å²) in [6.07, 6.45) is 6.39. The Morgan fingerprint density at radius 2 is 2.29 bits per heavy atom. The number of nitrogens with zero attached hydrogens (tertiary/aromatic N) is 2. The molecule has 0 saturated carbocycles. The third-order valence-electron chi connectivity index (χ3n) is 1.80. The first-order valence-electron chi connectivity index (χ1n) is 4.61. The number of nitrogens with two attached hydrogens (primary N) is 2. The summed E-state index contributed by atoms with van der Waals surface area (Å²) in [4.78, 5) is 8.26. The zero-order chi connectivity index (χ0) is 10.6. The number of hydrogen-bond acceptors (Lipinski definition) is 4. The van der Waals surface area contributed by atoms with Crippen molar-refractivity contribution in [1.82, 2.24) is 9.97 Å². The minimum atomic E-state index is 0.175. The molecule has 0 fully saturated rings. The number of anilines is 1. The standard InChI is InChI=1S/C10H16N4/c1-7(11)4-3-5-9-6-13-10(12)8(2)14-9/h3,5-7H,4,11H2,1-2H3,(H2,12,13)/b5-3+/t7-/m0/s1. The van der Waals surface area contributed by atoms with Gasteiger partial charge in [0.1, 0.15) is 5.82 Å². The summed E-state index contributed by atoms with van der Waals surface area (Å²) >= 11 is 0. The molecule has 0 aliphatic rings. The predicted molar refractivity (Wildman–Crippen MR) is 58.5 cm³/mol. The summed E-state index contributed by atoms with van der Waals surface area (Å²) in [6, 6.07) is 0.175. The molecule has 0 amide bonds. The molecule has 0 aliphatic carbocycles. The van der Waals surface area contributed by atoms with E-state index in [9.17, 15) is 0 Å². The van der Waals surface area contributed by atoms with Crippen molar-refractivity contribution < 1.29 is 0 Å². The molecular weight excluding hydrogens is 176 g/mol. The van der Waals surface area contributed by atoms with E-state index in [1.165, 1.54) is 0 Å². The molecule has 0 radical (unpaired) electrons. The van der Waals surface area contributed by atoms with Gasteiger partial charge in [0, 0.05) is 6.04 Å². The SMILES string of the molecule is Cc1nc(/C=C/C[C@H](C)N)cnc1N. The van der Waals surface area contributed by atoms with Crippen molar-refractivity contribution in [3.05, 3.63) is 23.7 Å². The van der Waals surface area contributed by atoms with Crippen LogP contribution in [0, 0.1) is 6.92 Å². The Balaban J connectivity index is 2.68. The fourth-order valence-electron chi connectivity index (χ4n) is 0.993. The highest BCUT2D eigenvalue weighted by Crippen LogP contribution is 2.05. The van der Waals surface area contributed by atoms with Crippen molar-refractivity contribution in [2.75, 3.05) is 5.73 Å². The van der Waals surface area contributed by atoms with Crippen molar-refractivity contribution in [2.24, 2.45) is 5.73 Å². The largest absolute Gasteiger partial charge is 0.382 e. The molecule has 1 aromatic heterocycles. The van der Waals surface area contributed by atoms with Crippen LogP contribution in [0.1, 0.15) is 24.7 Å². The number of rotatable bonds is 3. The number of aryl methyl sites for hydroxylation is 1. The maximum Gasteiger partial charge on any atom is 0.144 e. The normalized spacial score (nSPS) is 13.4. The molecule has 4 N–H and O–H groups in total. The van der Waals surface area contributed by atoms with Crippen LogP contribution >= 0.6 is 0 Å². The Hall–Kier alpha value is -1.42. The van der Waals surface area contributed by atoms with E-state index in [4.69, 9.17) is 11.5 Å². The van der Waals surface area contributed by atoms with Crippen molar-refractivity contribution in [3.63, 3.8) is 0 Å². The highest BCUT2D eigenvalue weighted by Gasteiger charge is 1.96. The Labute approximate surface area is 84.1 Å². The first-order chi connectivity index (χ1) is 6.59. The second-order valence-electron chi connectivity index (χ2n) is 3.38. The summed E-state index contributed by atoms with van der Waals surface area (Å²) in [6.45, 7) is 3.80. The molecular formula is C10H16N4. The van der Waals surface area contributed by atoms with Gasteiger partial charge in [-0.15, -0.1) is 0 Å². The van der Waals surface area contributed by atoms with Crippen LogP contribution in [0.4, 0.5) is 5.82 Å². The van der Waals surface area contributed by atoms with Crippen LogP contribution in [0.5, 0.6) is 0 Å². The molecule has 76 valence electrons. The Bertz CT molecular complexity index is 331. The molecule has 1 rings (SSSR count). The lowest BCUT2D eigenvalue weighted by molar-refractivity contribution is 0.759. The van der Waals surface area contributed by atoms with Gasteiger partial charge in [0.25, 0.3) is 0 Å². The third-order valence-corrected chi connectivity index (χ3v) is 1.80. The molecule has 4 heteroatoms. The van der Waals surface area contributed by atoms with Crippen LogP contribution in [-0.4, -0.2) is 16.0 Å². The monoisotopic (exact) mass is 192 g/mol. The predicted octanol–water partition coefficient (Wildman–Crippen LogP) is 1.12. The van der Waals surface area contributed by atoms with Gasteiger partial charge in [-0.1, -0.05) is 6.08 Å². The lowest BCUT2D eigenvalue weighted by Gasteiger charge is -2.00. The average molecular weight is 192 g/mol. The van der Waals surface area contributed by atoms with Crippen LogP contribution in [-0.2, 0) is 0 Å². The molecule has 0 aliphatic heterocycles. The molecule has 4 nitrogen and oxygen atoms in total. The van der Waals surface area contributed by atoms with Gasteiger partial charge >= 0.3 is 0 Å². The van der Waals surface area contributed by atoms with Gasteiger partial charge in [-0.3, -0.25) is 0 Å². The van der Waals surface area contributed by atoms with Gasteiger partial charge in [0.15, 0.2) is 0 Å². The van der Waals surface area contributed by atoms with Crippen molar-refractivity contribution in [3.8, 4) is 0 Å². The van der Waals surface area contributed by atoms with E-state index >= 15 is 0 Å². The van der Waals surface area contributed by atoms with Crippen LogP contribution < -0.4 is 11.5 Å². The third kappa shape index (κ3) is 3.14. The first-order valence-corrected chi connectivity index (χ1v) is 4.61. The van der Waals surface area contributed by atoms with E-state index < -0.39 is 0 Å². The topological polar surface area (TPSA) is 77.8 Å². The molecule has 0 spiro atoms. The average Bonchev–Trinajstić information content (AvgIpc) is 2.10. The Morgan fingerprint density at radius 1 is 1.57 bits per heavy atom. The number of nitrogen functional groups attached to an aromatic ring is 1. The number of hydrogen-bond donors (Lipinski definition) is 2. The zero-order valence-corrected chi connectivity index (χ0v) is 8.57. The van der Waals surface area contributed by atoms with Crippen LogP contribution in [0.3, 0.4) is 0 Å². The lowest BCUT2D eigenvalue weighted by Crippen LogP contribution is -2.12. The fourth-order valence-corrected chi connectivity index (χ4v) is 0.993. The van der Waals surface area contributed by atoms with Crippen molar-refractivity contribution in [1.29, 1.82) is 0 Å². The maximum absolute atomic E-state index is 5.60. The maximum atomic E-state index is 5.60. The molecule has 1 atom stereocenters. The van der Waals surface area contributed by atoms with Crippen LogP contribution in [0.25, 0.3) is 6.08 Å². The highest BCUT2D eigenvalue weighted by atomic mass is 14.9. The second-order valence-corrected chi connectivity index (χ2v) is 3.38. The van der Waals surface area contributed by atoms with Crippen LogP contribution in [0.2, 0.25) is 0 Å². The highest BCUT2D eigenvalue weighted by molar-refractivity contribution is 5.46. The molecule has 0 saturated heterocycles. The van der Waals surface area contributed by atoms with Gasteiger partial charge in [-0.2, -0.15) is 0 Å². The fraction of sp³-hybridized carbons (Fsp3) is 0.400. The van der Waals surface area contributed by atoms with E-state index in [1.807, 2.05) is 26.0 Å². The Kier molecular flexibility index (Phi) is 3.59. The van der Waals surface area contributed by atoms with Gasteiger partial charge in [-0.25, -0.2) is 9.97 Å². The van der Waals surface area contributed by atoms with Crippen LogP contribution in [0.15, 0.2) is 12.3 Å². The second kappa shape index (κ2) is 4.72. The minimum absolute atomic E-state index is 0.175. The minimum Gasteiger partial charge on any atom is -0.382 e. The van der Waals surface area contributed by atoms with Crippen molar-refractivity contribution >= 4 is 11.9 Å². The molecule has 1 aromatic rings. The summed E-state index contributed by atoms with van der Waals surface area (Å²) in [5.41, 5.74) is 12.7. The van der Waals surface area contributed by atoms with Gasteiger partial charge in [-0.05, 0) is 26.3 Å². The molecule has 1 heterocycles. The van der Waals surface area contributed by atoms with Gasteiger partial charge < -0.3 is 11.5 Å². The smallest absolute Gasteiger partial charge is 0.144 e. The van der Waals surface area contributed by atoms with Crippen molar-refractivity contribution in [2.45, 2.75) is 26.3 Å². The van der Waals surface area contributed by atoms with Gasteiger partial charge in [0.2, 0.25) is 0 Å². The molecule has 0 aromatic carbocycles. The molecule has 0 unspecified atom stereocenters. The van der Waals surface area contributed by atoms with E-state index in [2.05, 4.69) is 9.97 Å². The summed E-state index contributed by atoms with van der Waals surface area (Å²) < 4.78 is 0. The quantitative estimate of drug-likeness (QED) is 0.752.